The molecule has 0 amide bonds. The summed E-state index contributed by atoms with van der Waals surface area (Å²) in [7, 11) is -3.27. The second-order valence-electron chi connectivity index (χ2n) is 14.1. The van der Waals surface area contributed by atoms with Crippen LogP contribution in [0.4, 0.5) is 11.6 Å². The number of imidazole rings is 2. The van der Waals surface area contributed by atoms with Crippen LogP contribution in [0, 0.1) is 34.5 Å². The summed E-state index contributed by atoms with van der Waals surface area (Å²) in [6.45, 7) is 4.41. The van der Waals surface area contributed by atoms with Crippen LogP contribution in [0.25, 0.3) is 22.3 Å². The maximum atomic E-state index is 11.8. The van der Waals surface area contributed by atoms with E-state index in [-0.39, 0.29) is 52.6 Å². The number of aliphatic hydroxyl groups excluding tert-OH is 4. The van der Waals surface area contributed by atoms with Gasteiger partial charge in [-0.25, -0.2) is 20.0 Å². The maximum absolute atomic E-state index is 11.8. The number of phosphoric acid groups is 1. The molecule has 0 radical (unpaired) electrons. The maximum Gasteiger partial charge on any atom is 0.469 e. The Morgan fingerprint density at radius 2 is 1.57 bits per heavy atom. The molecular weight excluding hydrogens is 734 g/mol. The Labute approximate surface area is 300 Å². The summed E-state index contributed by atoms with van der Waals surface area (Å²) in [6.07, 6.45) is 0.0783. The first-order valence-electron chi connectivity index (χ1n) is 16.3. The summed E-state index contributed by atoms with van der Waals surface area (Å²) in [5, 5.41) is 46.6. The minimum Gasteiger partial charge on any atom is -0.396 e. The van der Waals surface area contributed by atoms with Gasteiger partial charge >= 0.3 is 7.82 Å². The number of rotatable bonds is 11. The fourth-order valence-electron chi connectivity index (χ4n) is 9.11. The molecule has 3 aliphatic carbocycles. The molecule has 8 N–H and O–H groups in total. The lowest BCUT2D eigenvalue weighted by Crippen LogP contribution is -2.52. The van der Waals surface area contributed by atoms with Crippen LogP contribution in [0.5, 0.6) is 0 Å². The van der Waals surface area contributed by atoms with Gasteiger partial charge in [-0.15, -0.1) is 0 Å². The van der Waals surface area contributed by atoms with E-state index in [0.717, 1.165) is 0 Å². The molecule has 0 unspecified atom stereocenters. The van der Waals surface area contributed by atoms with Gasteiger partial charge in [0.15, 0.2) is 34.0 Å². The van der Waals surface area contributed by atoms with E-state index < -0.39 is 67.5 Å². The molecule has 51 heavy (non-hydrogen) atoms. The largest absolute Gasteiger partial charge is 0.469 e. The fourth-order valence-corrected chi connectivity index (χ4v) is 9.89. The Bertz CT molecular complexity index is 2020. The summed E-state index contributed by atoms with van der Waals surface area (Å²) < 4.78 is 20.0. The number of nitrogens with zero attached hydrogens (tertiary/aromatic N) is 8. The zero-order valence-electron chi connectivity index (χ0n) is 27.9. The molecular formula is C29H39Cl2N10O9P. The number of aromatic nitrogens is 8. The highest BCUT2D eigenvalue weighted by Crippen LogP contribution is 2.67. The summed E-state index contributed by atoms with van der Waals surface area (Å²) in [5.74, 6) is -0.788. The van der Waals surface area contributed by atoms with E-state index in [0.29, 0.717) is 23.4 Å². The van der Waals surface area contributed by atoms with Crippen LogP contribution in [-0.4, -0.2) is 114 Å². The van der Waals surface area contributed by atoms with Crippen LogP contribution in [0.3, 0.4) is 0 Å². The van der Waals surface area contributed by atoms with Crippen molar-refractivity contribution in [1.29, 1.82) is 0 Å². The highest BCUT2D eigenvalue weighted by Gasteiger charge is 2.67. The van der Waals surface area contributed by atoms with Crippen molar-refractivity contribution in [1.82, 2.24) is 39.0 Å². The number of hydrogen-bond acceptors (Lipinski definition) is 15. The molecule has 4 heterocycles. The number of phosphoric ester groups is 1. The van der Waals surface area contributed by atoms with Gasteiger partial charge in [0.1, 0.15) is 6.10 Å². The van der Waals surface area contributed by atoms with Crippen molar-refractivity contribution >= 4 is 65.0 Å². The van der Waals surface area contributed by atoms with Crippen LogP contribution in [0.1, 0.15) is 39.3 Å². The van der Waals surface area contributed by atoms with E-state index >= 15 is 0 Å². The van der Waals surface area contributed by atoms with Crippen molar-refractivity contribution in [3.8, 4) is 0 Å². The first-order valence-corrected chi connectivity index (χ1v) is 18.6. The highest BCUT2D eigenvalue weighted by molar-refractivity contribution is 7.46. The van der Waals surface area contributed by atoms with E-state index in [1.807, 2.05) is 6.92 Å². The van der Waals surface area contributed by atoms with Crippen molar-refractivity contribution in [2.45, 2.75) is 57.6 Å². The number of hydrogen-bond donors (Lipinski definition) is 8. The Kier molecular flexibility index (Phi) is 9.28. The lowest BCUT2D eigenvalue weighted by atomic mass is 9.53. The number of aliphatic hydroxyl groups is 4. The van der Waals surface area contributed by atoms with Crippen molar-refractivity contribution in [3.05, 3.63) is 23.2 Å². The van der Waals surface area contributed by atoms with Gasteiger partial charge < -0.3 is 44.7 Å². The van der Waals surface area contributed by atoms with E-state index in [4.69, 9.17) is 32.6 Å². The third kappa shape index (κ3) is 5.60. The van der Waals surface area contributed by atoms with E-state index in [1.165, 1.54) is 12.7 Å². The lowest BCUT2D eigenvalue weighted by Gasteiger charge is -2.53. The second kappa shape index (κ2) is 12.9. The van der Waals surface area contributed by atoms with E-state index in [9.17, 15) is 34.8 Å². The molecule has 3 fully saturated rings. The number of halogens is 2. The topological polar surface area (TPSA) is 268 Å². The summed E-state index contributed by atoms with van der Waals surface area (Å²) >= 11 is 12.7. The van der Waals surface area contributed by atoms with Crippen LogP contribution in [0.2, 0.25) is 10.6 Å². The average Bonchev–Trinajstić information content (AvgIpc) is 3.78. The quantitative estimate of drug-likeness (QED) is 0.0610. The SMILES string of the molecule is CNc1nc(Cl)nc2c1ncn2[C@H]1[C@H](ONc2nc(Cl)nc3c2ncn3[C@H]2[C@H](O)[C@H](CO)[C@]3(CO)C[C@@H](C)[C@H]23)[C@H](O)[C@@](C)(COP(=O)(O)O)[C@@H]1C. The molecule has 4 aromatic rings. The van der Waals surface area contributed by atoms with Gasteiger partial charge in [-0.3, -0.25) is 9.36 Å². The minimum absolute atomic E-state index is 0.0297. The first kappa shape index (κ1) is 36.5. The number of anilines is 2. The third-order valence-corrected chi connectivity index (χ3v) is 12.5. The molecule has 0 spiro atoms. The van der Waals surface area contributed by atoms with Gasteiger partial charge in [0.05, 0.1) is 43.6 Å². The minimum atomic E-state index is -4.92. The standard InChI is InChI=1S/C29H39Cl2N10O9P/c1-11-5-29(7-43)13(6-42)19(44)18(14(11)29)41-10-34-16-23(36-27(31)38-25(16)41)39-50-20-17(12(2)28(3,21(20)45)8-49-51(46,47)48)40-9-33-15-22(32-4)35-26(30)37-24(15)40/h9-14,17-21,42-45H,5-8H2,1-4H3,(H,32,35,37)(H,36,38,39)(H2,46,47,48)/t11-,12-,13+,14-,17-,18-,19-,20+,21+,28+,29-/m1/s1. The van der Waals surface area contributed by atoms with Gasteiger partial charge in [0.2, 0.25) is 10.6 Å². The van der Waals surface area contributed by atoms with Crippen molar-refractivity contribution in [3.63, 3.8) is 0 Å². The van der Waals surface area contributed by atoms with Gasteiger partial charge in [-0.2, -0.15) is 19.9 Å². The van der Waals surface area contributed by atoms with Gasteiger partial charge in [0.25, 0.3) is 0 Å². The molecule has 3 saturated carbocycles. The van der Waals surface area contributed by atoms with Crippen LogP contribution in [0.15, 0.2) is 12.7 Å². The second-order valence-corrected chi connectivity index (χ2v) is 16.0. The zero-order chi connectivity index (χ0) is 36.8. The molecule has 0 aliphatic heterocycles. The van der Waals surface area contributed by atoms with E-state index in [1.54, 1.807) is 30.0 Å². The molecule has 11 atom stereocenters. The molecule has 4 aromatic heterocycles. The molecule has 19 nitrogen and oxygen atoms in total. The predicted octanol–water partition coefficient (Wildman–Crippen LogP) is 1.55. The zero-order valence-corrected chi connectivity index (χ0v) is 30.3. The molecule has 0 aromatic carbocycles. The first-order chi connectivity index (χ1) is 24.1. The van der Waals surface area contributed by atoms with Crippen LogP contribution >= 0.6 is 31.0 Å². The van der Waals surface area contributed by atoms with Crippen molar-refractivity contribution in [2.75, 3.05) is 37.7 Å². The Morgan fingerprint density at radius 3 is 2.12 bits per heavy atom. The summed E-state index contributed by atoms with van der Waals surface area (Å²) in [4.78, 5) is 51.5. The Hall–Kier alpha value is -2.81. The van der Waals surface area contributed by atoms with Gasteiger partial charge in [-0.1, -0.05) is 20.8 Å². The van der Waals surface area contributed by atoms with Crippen LogP contribution < -0.4 is 10.8 Å². The van der Waals surface area contributed by atoms with Crippen molar-refractivity contribution < 1.29 is 44.1 Å². The third-order valence-electron chi connectivity index (χ3n) is 11.7. The van der Waals surface area contributed by atoms with Gasteiger partial charge in [-0.05, 0) is 47.4 Å². The van der Waals surface area contributed by atoms with E-state index in [2.05, 4.69) is 40.7 Å². The molecule has 3 aliphatic rings. The summed E-state index contributed by atoms with van der Waals surface area (Å²) in [5.41, 5.74) is 2.03. The molecule has 0 bridgehead atoms. The Morgan fingerprint density at radius 1 is 0.980 bits per heavy atom. The lowest BCUT2D eigenvalue weighted by molar-refractivity contribution is -0.104. The fraction of sp³-hybridized carbons (Fsp3) is 0.655. The smallest absolute Gasteiger partial charge is 0.396 e. The molecule has 22 heteroatoms. The summed E-state index contributed by atoms with van der Waals surface area (Å²) in [6, 6.07) is -1.36. The highest BCUT2D eigenvalue weighted by atomic mass is 35.5. The number of nitrogens with one attached hydrogen (secondary N) is 2. The van der Waals surface area contributed by atoms with Crippen molar-refractivity contribution in [2.24, 2.45) is 34.5 Å². The molecule has 0 saturated heterocycles. The predicted molar refractivity (Wildman–Crippen MR) is 181 cm³/mol. The van der Waals surface area contributed by atoms with Crippen LogP contribution in [-0.2, 0) is 13.9 Å². The average molecular weight is 774 g/mol. The monoisotopic (exact) mass is 772 g/mol. The Balaban J connectivity index is 1.26. The van der Waals surface area contributed by atoms with Gasteiger partial charge in [0, 0.05) is 37.0 Å². The normalized spacial score (nSPS) is 35.0. The number of fused-ring (bicyclic) bond motifs is 3. The molecule has 278 valence electrons. The molecule has 7 rings (SSSR count).